The van der Waals surface area contributed by atoms with Crippen LogP contribution in [0.4, 0.5) is 0 Å². The van der Waals surface area contributed by atoms with E-state index in [1.54, 1.807) is 24.6 Å². The maximum absolute atomic E-state index is 12.8. The van der Waals surface area contributed by atoms with Gasteiger partial charge in [-0.15, -0.1) is 0 Å². The Labute approximate surface area is 169 Å². The Morgan fingerprint density at radius 2 is 1.93 bits per heavy atom. The zero-order valence-corrected chi connectivity index (χ0v) is 17.4. The Morgan fingerprint density at radius 1 is 1.25 bits per heavy atom. The van der Waals surface area contributed by atoms with Crippen molar-refractivity contribution < 1.29 is 9.53 Å². The third-order valence-electron chi connectivity index (χ3n) is 4.41. The number of fused-ring (bicyclic) bond motifs is 1. The van der Waals surface area contributed by atoms with Crippen molar-refractivity contribution in [2.24, 2.45) is 14.1 Å². The van der Waals surface area contributed by atoms with E-state index >= 15 is 0 Å². The standard InChI is InChI=1S/C18H19ClN4O4S/c1-10(16(25)27-4)28-17-20-14-13(15(24)22(3)18(26)21(14)2)23(17)9-11-7-5-6-8-12(11)19/h5-8,10H,9H2,1-4H3/t10-/m1/s1. The number of aryl methyl sites for hydroxylation is 1. The lowest BCUT2D eigenvalue weighted by Gasteiger charge is -2.12. The van der Waals surface area contributed by atoms with Gasteiger partial charge in [-0.2, -0.15) is 0 Å². The van der Waals surface area contributed by atoms with Crippen LogP contribution in [0.2, 0.25) is 5.02 Å². The first kappa shape index (κ1) is 20.2. The second-order valence-electron chi connectivity index (χ2n) is 6.23. The third-order valence-corrected chi connectivity index (χ3v) is 5.85. The molecule has 0 amide bonds. The molecule has 0 radical (unpaired) electrons. The normalized spacial score (nSPS) is 12.3. The van der Waals surface area contributed by atoms with E-state index in [2.05, 4.69) is 4.98 Å². The molecule has 0 saturated carbocycles. The molecule has 0 aliphatic rings. The number of hydrogen-bond donors (Lipinski definition) is 0. The van der Waals surface area contributed by atoms with E-state index in [1.165, 1.54) is 18.7 Å². The van der Waals surface area contributed by atoms with Crippen LogP contribution in [0.25, 0.3) is 11.2 Å². The Kier molecular flexibility index (Phi) is 5.66. The van der Waals surface area contributed by atoms with Gasteiger partial charge in [-0.1, -0.05) is 41.6 Å². The Bertz CT molecular complexity index is 1180. The lowest BCUT2D eigenvalue weighted by molar-refractivity contribution is -0.139. The number of rotatable bonds is 5. The molecular formula is C18H19ClN4O4S. The van der Waals surface area contributed by atoms with Gasteiger partial charge in [0.25, 0.3) is 5.56 Å². The molecule has 0 unspecified atom stereocenters. The van der Waals surface area contributed by atoms with Crippen LogP contribution < -0.4 is 11.2 Å². The van der Waals surface area contributed by atoms with Crippen molar-refractivity contribution in [3.63, 3.8) is 0 Å². The van der Waals surface area contributed by atoms with Gasteiger partial charge >= 0.3 is 11.7 Å². The van der Waals surface area contributed by atoms with Gasteiger partial charge in [0.15, 0.2) is 16.3 Å². The van der Waals surface area contributed by atoms with Crippen molar-refractivity contribution in [2.45, 2.75) is 23.9 Å². The highest BCUT2D eigenvalue weighted by Crippen LogP contribution is 2.28. The van der Waals surface area contributed by atoms with Crippen molar-refractivity contribution in [2.75, 3.05) is 7.11 Å². The summed E-state index contributed by atoms with van der Waals surface area (Å²) in [6.07, 6.45) is 0. The quantitative estimate of drug-likeness (QED) is 0.460. The van der Waals surface area contributed by atoms with E-state index in [9.17, 15) is 14.4 Å². The monoisotopic (exact) mass is 422 g/mol. The molecule has 0 N–H and O–H groups in total. The molecule has 148 valence electrons. The summed E-state index contributed by atoms with van der Waals surface area (Å²) >= 11 is 7.45. The van der Waals surface area contributed by atoms with Crippen LogP contribution in [0.5, 0.6) is 0 Å². The first-order chi connectivity index (χ1) is 13.3. The van der Waals surface area contributed by atoms with E-state index in [0.717, 1.165) is 21.9 Å². The van der Waals surface area contributed by atoms with Crippen molar-refractivity contribution >= 4 is 40.5 Å². The lowest BCUT2D eigenvalue weighted by atomic mass is 10.2. The molecule has 3 aromatic rings. The molecule has 0 fully saturated rings. The minimum absolute atomic E-state index is 0.250. The second kappa shape index (κ2) is 7.84. The molecular weight excluding hydrogens is 404 g/mol. The molecule has 0 aliphatic heterocycles. The number of esters is 1. The van der Waals surface area contributed by atoms with Crippen LogP contribution in [0, 0.1) is 0 Å². The maximum atomic E-state index is 12.8. The third kappa shape index (κ3) is 3.47. The number of aromatic nitrogens is 4. The van der Waals surface area contributed by atoms with E-state index in [0.29, 0.717) is 10.2 Å². The maximum Gasteiger partial charge on any atom is 0.332 e. The van der Waals surface area contributed by atoms with Crippen LogP contribution in [-0.4, -0.2) is 37.0 Å². The summed E-state index contributed by atoms with van der Waals surface area (Å²) in [5, 5.41) is 0.418. The van der Waals surface area contributed by atoms with Crippen LogP contribution in [0.1, 0.15) is 12.5 Å². The molecule has 2 heterocycles. The zero-order chi connectivity index (χ0) is 20.6. The van der Waals surface area contributed by atoms with E-state index in [4.69, 9.17) is 16.3 Å². The Morgan fingerprint density at radius 3 is 2.57 bits per heavy atom. The number of carbonyl (C=O) groups excluding carboxylic acids is 1. The number of halogens is 1. The molecule has 28 heavy (non-hydrogen) atoms. The van der Waals surface area contributed by atoms with E-state index < -0.39 is 22.5 Å². The highest BCUT2D eigenvalue weighted by molar-refractivity contribution is 8.00. The van der Waals surface area contributed by atoms with E-state index in [1.807, 2.05) is 18.2 Å². The van der Waals surface area contributed by atoms with E-state index in [-0.39, 0.29) is 17.7 Å². The van der Waals surface area contributed by atoms with Crippen LogP contribution in [0.15, 0.2) is 39.0 Å². The predicted octanol–water partition coefficient (Wildman–Crippen LogP) is 1.79. The number of hydrogen-bond acceptors (Lipinski definition) is 6. The summed E-state index contributed by atoms with van der Waals surface area (Å²) in [5.41, 5.74) is 0.364. The molecule has 1 atom stereocenters. The molecule has 0 spiro atoms. The van der Waals surface area contributed by atoms with Gasteiger partial charge in [0.05, 0.1) is 13.7 Å². The summed E-state index contributed by atoms with van der Waals surface area (Å²) in [7, 11) is 4.28. The van der Waals surface area contributed by atoms with Crippen LogP contribution in [-0.2, 0) is 30.2 Å². The first-order valence-electron chi connectivity index (χ1n) is 8.40. The summed E-state index contributed by atoms with van der Waals surface area (Å²) in [5.74, 6) is -0.414. The largest absolute Gasteiger partial charge is 0.468 e. The zero-order valence-electron chi connectivity index (χ0n) is 15.8. The second-order valence-corrected chi connectivity index (χ2v) is 7.95. The minimum Gasteiger partial charge on any atom is -0.468 e. The predicted molar refractivity (Wildman–Crippen MR) is 108 cm³/mol. The average molecular weight is 423 g/mol. The molecule has 0 bridgehead atoms. The van der Waals surface area contributed by atoms with Crippen molar-refractivity contribution in [1.29, 1.82) is 0 Å². The smallest absolute Gasteiger partial charge is 0.332 e. The molecule has 10 heteroatoms. The SMILES string of the molecule is COC(=O)[C@@H](C)Sc1nc2c(c(=O)n(C)c(=O)n2C)n1Cc1ccccc1Cl. The fraction of sp³-hybridized carbons (Fsp3) is 0.333. The van der Waals surface area contributed by atoms with Gasteiger partial charge in [-0.3, -0.25) is 18.7 Å². The van der Waals surface area contributed by atoms with Gasteiger partial charge in [0, 0.05) is 19.1 Å². The fourth-order valence-electron chi connectivity index (χ4n) is 2.83. The molecule has 1 aromatic carbocycles. The summed E-state index contributed by atoms with van der Waals surface area (Å²) < 4.78 is 8.81. The molecule has 8 nitrogen and oxygen atoms in total. The molecule has 2 aromatic heterocycles. The highest BCUT2D eigenvalue weighted by Gasteiger charge is 2.24. The first-order valence-corrected chi connectivity index (χ1v) is 9.66. The summed E-state index contributed by atoms with van der Waals surface area (Å²) in [6, 6.07) is 7.26. The minimum atomic E-state index is -0.548. The highest BCUT2D eigenvalue weighted by atomic mass is 35.5. The van der Waals surface area contributed by atoms with Gasteiger partial charge < -0.3 is 9.30 Å². The number of methoxy groups -OCH3 is 1. The number of carbonyl (C=O) groups is 1. The van der Waals surface area contributed by atoms with Crippen molar-refractivity contribution in [1.82, 2.24) is 18.7 Å². The van der Waals surface area contributed by atoms with Gasteiger partial charge in [-0.25, -0.2) is 9.78 Å². The van der Waals surface area contributed by atoms with Crippen LogP contribution in [0.3, 0.4) is 0 Å². The molecule has 3 rings (SSSR count). The number of thioether (sulfide) groups is 1. The average Bonchev–Trinajstić information content (AvgIpc) is 3.03. The Balaban J connectivity index is 2.26. The van der Waals surface area contributed by atoms with Crippen molar-refractivity contribution in [3.8, 4) is 0 Å². The number of nitrogens with zero attached hydrogens (tertiary/aromatic N) is 4. The number of benzene rings is 1. The van der Waals surface area contributed by atoms with Crippen molar-refractivity contribution in [3.05, 3.63) is 55.7 Å². The van der Waals surface area contributed by atoms with Gasteiger partial charge in [-0.05, 0) is 18.6 Å². The molecule has 0 aliphatic carbocycles. The topological polar surface area (TPSA) is 88.1 Å². The van der Waals surface area contributed by atoms with Gasteiger partial charge in [0.2, 0.25) is 0 Å². The summed E-state index contributed by atoms with van der Waals surface area (Å²) in [4.78, 5) is 41.5. The Hall–Kier alpha value is -2.52. The van der Waals surface area contributed by atoms with Gasteiger partial charge in [0.1, 0.15) is 5.25 Å². The number of imidazole rings is 1. The summed E-state index contributed by atoms with van der Waals surface area (Å²) in [6.45, 7) is 1.95. The number of ether oxygens (including phenoxy) is 1. The lowest BCUT2D eigenvalue weighted by Crippen LogP contribution is -2.37. The fourth-order valence-corrected chi connectivity index (χ4v) is 3.96. The molecule has 0 saturated heterocycles. The van der Waals surface area contributed by atoms with Crippen LogP contribution >= 0.6 is 23.4 Å².